The lowest BCUT2D eigenvalue weighted by molar-refractivity contribution is 0.377. The summed E-state index contributed by atoms with van der Waals surface area (Å²) >= 11 is 0. The molecule has 0 spiro atoms. The predicted molar refractivity (Wildman–Crippen MR) is 72.5 cm³/mol. The van der Waals surface area contributed by atoms with Gasteiger partial charge in [-0.15, -0.1) is 0 Å². The van der Waals surface area contributed by atoms with E-state index in [1.165, 1.54) is 0 Å². The molecule has 0 saturated heterocycles. The molecule has 3 aromatic rings. The van der Waals surface area contributed by atoms with Crippen LogP contribution in [-0.2, 0) is 0 Å². The molecule has 0 bridgehead atoms. The Balaban J connectivity index is 2.26. The van der Waals surface area contributed by atoms with Crippen molar-refractivity contribution in [3.63, 3.8) is 0 Å². The Labute approximate surface area is 118 Å². The molecule has 2 N–H and O–H groups in total. The van der Waals surface area contributed by atoms with E-state index < -0.39 is 23.2 Å². The number of phenolic OH excluding ortho intramolecular Hbond substituents is 1. The van der Waals surface area contributed by atoms with Crippen molar-refractivity contribution in [2.24, 2.45) is 0 Å². The van der Waals surface area contributed by atoms with Gasteiger partial charge in [0.1, 0.15) is 5.82 Å². The average Bonchev–Trinajstić information content (AvgIpc) is 2.83. The van der Waals surface area contributed by atoms with Gasteiger partial charge in [-0.05, 0) is 43.2 Å². The molecule has 0 radical (unpaired) electrons. The van der Waals surface area contributed by atoms with Crippen molar-refractivity contribution in [3.05, 3.63) is 46.8 Å². The van der Waals surface area contributed by atoms with Crippen LogP contribution in [0.5, 0.6) is 5.75 Å². The number of nitrogens with zero attached hydrogens (tertiary/aromatic N) is 1. The molecule has 0 fully saturated rings. The lowest BCUT2D eigenvalue weighted by atomic mass is 10.1. The van der Waals surface area contributed by atoms with Crippen molar-refractivity contribution in [2.45, 2.75) is 13.8 Å². The van der Waals surface area contributed by atoms with Crippen LogP contribution in [0.4, 0.5) is 13.2 Å². The summed E-state index contributed by atoms with van der Waals surface area (Å²) in [6, 6.07) is 4.31. The standard InChI is InChI=1S/C15H11F3N2O/c1-6-3-10-11(4-7(6)2)20-15(19-10)8-5-9(16)13(18)14(21)12(8)17/h3-5,21H,1-2H3,(H,19,20). The molecule has 2 aromatic carbocycles. The highest BCUT2D eigenvalue weighted by molar-refractivity contribution is 5.81. The third-order valence-corrected chi connectivity index (χ3v) is 3.49. The number of aryl methyl sites for hydroxylation is 2. The summed E-state index contributed by atoms with van der Waals surface area (Å²) in [5.74, 6) is -5.52. The molecule has 0 atom stereocenters. The van der Waals surface area contributed by atoms with E-state index in [0.717, 1.165) is 11.1 Å². The summed E-state index contributed by atoms with van der Waals surface area (Å²) < 4.78 is 40.3. The van der Waals surface area contributed by atoms with Gasteiger partial charge in [0.25, 0.3) is 0 Å². The Bertz CT molecular complexity index is 832. The van der Waals surface area contributed by atoms with Gasteiger partial charge < -0.3 is 10.1 Å². The fraction of sp³-hybridized carbons (Fsp3) is 0.133. The first-order valence-electron chi connectivity index (χ1n) is 6.22. The maximum Gasteiger partial charge on any atom is 0.203 e. The first kappa shape index (κ1) is 13.5. The zero-order valence-electron chi connectivity index (χ0n) is 11.3. The second-order valence-corrected chi connectivity index (χ2v) is 4.92. The highest BCUT2D eigenvalue weighted by atomic mass is 19.2. The van der Waals surface area contributed by atoms with Gasteiger partial charge in [-0.3, -0.25) is 0 Å². The summed E-state index contributed by atoms with van der Waals surface area (Å²) in [7, 11) is 0. The van der Waals surface area contributed by atoms with Crippen LogP contribution in [0.3, 0.4) is 0 Å². The number of hydrogen-bond donors (Lipinski definition) is 2. The van der Waals surface area contributed by atoms with E-state index in [1.807, 2.05) is 26.0 Å². The van der Waals surface area contributed by atoms with E-state index in [0.29, 0.717) is 17.1 Å². The second-order valence-electron chi connectivity index (χ2n) is 4.92. The van der Waals surface area contributed by atoms with Crippen LogP contribution in [0.15, 0.2) is 18.2 Å². The second kappa shape index (κ2) is 4.51. The molecule has 108 valence electrons. The van der Waals surface area contributed by atoms with Crippen LogP contribution in [0.2, 0.25) is 0 Å². The minimum Gasteiger partial charge on any atom is -0.503 e. The minimum atomic E-state index is -1.61. The average molecular weight is 292 g/mol. The van der Waals surface area contributed by atoms with Crippen LogP contribution < -0.4 is 0 Å². The van der Waals surface area contributed by atoms with Gasteiger partial charge >= 0.3 is 0 Å². The fourth-order valence-electron chi connectivity index (χ4n) is 2.16. The van der Waals surface area contributed by atoms with E-state index in [1.54, 1.807) is 0 Å². The normalized spacial score (nSPS) is 11.3. The molecule has 3 rings (SSSR count). The Morgan fingerprint density at radius 3 is 2.38 bits per heavy atom. The lowest BCUT2D eigenvalue weighted by Gasteiger charge is -2.03. The number of rotatable bonds is 1. The van der Waals surface area contributed by atoms with Crippen molar-refractivity contribution in [1.29, 1.82) is 0 Å². The molecule has 3 nitrogen and oxygen atoms in total. The number of H-pyrrole nitrogens is 1. The number of nitrogens with one attached hydrogen (secondary N) is 1. The van der Waals surface area contributed by atoms with Crippen LogP contribution in [-0.4, -0.2) is 15.1 Å². The maximum atomic E-state index is 13.9. The molecule has 0 saturated carbocycles. The summed E-state index contributed by atoms with van der Waals surface area (Å²) in [6.45, 7) is 3.83. The lowest BCUT2D eigenvalue weighted by Crippen LogP contribution is -1.94. The molecule has 6 heteroatoms. The fourth-order valence-corrected chi connectivity index (χ4v) is 2.16. The third kappa shape index (κ3) is 2.03. The number of phenols is 1. The number of benzene rings is 2. The highest BCUT2D eigenvalue weighted by Gasteiger charge is 2.21. The molecule has 21 heavy (non-hydrogen) atoms. The Morgan fingerprint density at radius 1 is 1.00 bits per heavy atom. The van der Waals surface area contributed by atoms with Gasteiger partial charge in [0, 0.05) is 0 Å². The maximum absolute atomic E-state index is 13.9. The molecule has 1 aromatic heterocycles. The number of hydrogen-bond acceptors (Lipinski definition) is 2. The third-order valence-electron chi connectivity index (χ3n) is 3.49. The molecule has 0 unspecified atom stereocenters. The van der Waals surface area contributed by atoms with Crippen molar-refractivity contribution < 1.29 is 18.3 Å². The SMILES string of the molecule is Cc1cc2nc(-c3cc(F)c(F)c(O)c3F)[nH]c2cc1C. The van der Waals surface area contributed by atoms with Crippen molar-refractivity contribution in [3.8, 4) is 17.1 Å². The van der Waals surface area contributed by atoms with Gasteiger partial charge in [-0.2, -0.15) is 4.39 Å². The zero-order valence-corrected chi connectivity index (χ0v) is 11.3. The highest BCUT2D eigenvalue weighted by Crippen LogP contribution is 2.32. The summed E-state index contributed by atoms with van der Waals surface area (Å²) in [6.07, 6.45) is 0. The smallest absolute Gasteiger partial charge is 0.203 e. The summed E-state index contributed by atoms with van der Waals surface area (Å²) in [5.41, 5.74) is 2.94. The number of halogens is 3. The molecule has 0 amide bonds. The number of aromatic amines is 1. The number of imidazole rings is 1. The first-order chi connectivity index (χ1) is 9.88. The Hall–Kier alpha value is -2.50. The van der Waals surface area contributed by atoms with Crippen LogP contribution in [0.1, 0.15) is 11.1 Å². The van der Waals surface area contributed by atoms with E-state index in [2.05, 4.69) is 9.97 Å². The monoisotopic (exact) mass is 292 g/mol. The minimum absolute atomic E-state index is 0.0294. The van der Waals surface area contributed by atoms with E-state index in [9.17, 15) is 18.3 Å². The van der Waals surface area contributed by atoms with E-state index in [4.69, 9.17) is 0 Å². The predicted octanol–water partition coefficient (Wildman–Crippen LogP) is 3.97. The van der Waals surface area contributed by atoms with Gasteiger partial charge in [-0.1, -0.05) is 0 Å². The van der Waals surface area contributed by atoms with Crippen LogP contribution in [0, 0.1) is 31.3 Å². The van der Waals surface area contributed by atoms with Gasteiger partial charge in [0.15, 0.2) is 17.4 Å². The molecule has 0 aliphatic carbocycles. The van der Waals surface area contributed by atoms with Gasteiger partial charge in [0.05, 0.1) is 16.6 Å². The largest absolute Gasteiger partial charge is 0.503 e. The Morgan fingerprint density at radius 2 is 1.67 bits per heavy atom. The zero-order chi connectivity index (χ0) is 15.3. The summed E-state index contributed by atoms with van der Waals surface area (Å²) in [5, 5.41) is 9.26. The van der Waals surface area contributed by atoms with Crippen LogP contribution >= 0.6 is 0 Å². The first-order valence-corrected chi connectivity index (χ1v) is 6.22. The number of fused-ring (bicyclic) bond motifs is 1. The molecular weight excluding hydrogens is 281 g/mol. The number of aromatic nitrogens is 2. The van der Waals surface area contributed by atoms with Crippen molar-refractivity contribution >= 4 is 11.0 Å². The van der Waals surface area contributed by atoms with Crippen molar-refractivity contribution in [2.75, 3.05) is 0 Å². The molecule has 1 heterocycles. The number of aromatic hydroxyl groups is 1. The quantitative estimate of drug-likeness (QED) is 0.667. The van der Waals surface area contributed by atoms with Gasteiger partial charge in [0.2, 0.25) is 5.82 Å². The van der Waals surface area contributed by atoms with E-state index in [-0.39, 0.29) is 11.4 Å². The van der Waals surface area contributed by atoms with Gasteiger partial charge in [-0.25, -0.2) is 13.8 Å². The van der Waals surface area contributed by atoms with Crippen LogP contribution in [0.25, 0.3) is 22.4 Å². The summed E-state index contributed by atoms with van der Waals surface area (Å²) in [4.78, 5) is 7.01. The topological polar surface area (TPSA) is 48.9 Å². The molecule has 0 aliphatic heterocycles. The van der Waals surface area contributed by atoms with Crippen molar-refractivity contribution in [1.82, 2.24) is 9.97 Å². The molecule has 0 aliphatic rings. The molecular formula is C15H11F3N2O. The Kier molecular flexibility index (Phi) is 2.90. The van der Waals surface area contributed by atoms with E-state index >= 15 is 0 Å².